The second-order valence-electron chi connectivity index (χ2n) is 5.30. The maximum Gasteiger partial charge on any atom is 0.222 e. The van der Waals surface area contributed by atoms with Gasteiger partial charge in [-0.15, -0.1) is 0 Å². The summed E-state index contributed by atoms with van der Waals surface area (Å²) >= 11 is 0. The van der Waals surface area contributed by atoms with Gasteiger partial charge in [0.15, 0.2) is 11.5 Å². The minimum atomic E-state index is -0.0494. The molecule has 1 aliphatic rings. The summed E-state index contributed by atoms with van der Waals surface area (Å²) in [5.74, 6) is 1.29. The first kappa shape index (κ1) is 16.1. The molecule has 0 radical (unpaired) electrons. The summed E-state index contributed by atoms with van der Waals surface area (Å²) in [5.41, 5.74) is 1.01. The van der Waals surface area contributed by atoms with Crippen molar-refractivity contribution in [3.8, 4) is 11.5 Å². The Labute approximate surface area is 130 Å². The predicted molar refractivity (Wildman–Crippen MR) is 82.0 cm³/mol. The highest BCUT2D eigenvalue weighted by atomic mass is 16.5. The Hall–Kier alpha value is -2.24. The van der Waals surface area contributed by atoms with Gasteiger partial charge in [-0.05, 0) is 30.5 Å². The number of methoxy groups -OCH3 is 2. The van der Waals surface area contributed by atoms with Gasteiger partial charge in [-0.2, -0.15) is 0 Å². The van der Waals surface area contributed by atoms with Crippen LogP contribution in [0, 0.1) is 0 Å². The molecular weight excluding hydrogens is 284 g/mol. The molecule has 120 valence electrons. The average Bonchev–Trinajstić information content (AvgIpc) is 2.52. The van der Waals surface area contributed by atoms with E-state index in [-0.39, 0.29) is 17.9 Å². The van der Waals surface area contributed by atoms with Gasteiger partial charge in [0.25, 0.3) is 0 Å². The number of aryl methyl sites for hydroxylation is 1. The lowest BCUT2D eigenvalue weighted by atomic mass is 10.0. The number of nitrogens with one attached hydrogen (secondary N) is 2. The second-order valence-corrected chi connectivity index (χ2v) is 5.30. The smallest absolute Gasteiger partial charge is 0.222 e. The van der Waals surface area contributed by atoms with Crippen LogP contribution in [0.25, 0.3) is 0 Å². The third-order valence-corrected chi connectivity index (χ3v) is 3.70. The number of rotatable bonds is 6. The summed E-state index contributed by atoms with van der Waals surface area (Å²) < 4.78 is 10.4. The average molecular weight is 306 g/mol. The zero-order chi connectivity index (χ0) is 15.9. The van der Waals surface area contributed by atoms with Crippen LogP contribution < -0.4 is 20.1 Å². The first-order chi connectivity index (χ1) is 10.6. The molecule has 1 aromatic carbocycles. The Balaban J connectivity index is 1.84. The zero-order valence-electron chi connectivity index (χ0n) is 13.0. The van der Waals surface area contributed by atoms with Crippen molar-refractivity contribution in [1.29, 1.82) is 0 Å². The second kappa shape index (κ2) is 7.68. The maximum atomic E-state index is 12.0. The van der Waals surface area contributed by atoms with Gasteiger partial charge in [-0.25, -0.2) is 0 Å². The Bertz CT molecular complexity index is 545. The molecule has 6 heteroatoms. The number of amides is 2. The fourth-order valence-electron chi connectivity index (χ4n) is 2.50. The fourth-order valence-corrected chi connectivity index (χ4v) is 2.50. The Morgan fingerprint density at radius 2 is 2.09 bits per heavy atom. The normalized spacial score (nSPS) is 17.5. The summed E-state index contributed by atoms with van der Waals surface area (Å²) in [5, 5.41) is 5.67. The van der Waals surface area contributed by atoms with Crippen LogP contribution in [0.1, 0.15) is 24.8 Å². The highest BCUT2D eigenvalue weighted by molar-refractivity contribution is 5.80. The molecule has 1 saturated heterocycles. The lowest BCUT2D eigenvalue weighted by Crippen LogP contribution is -2.45. The third kappa shape index (κ3) is 4.38. The quantitative estimate of drug-likeness (QED) is 0.823. The van der Waals surface area contributed by atoms with E-state index >= 15 is 0 Å². The molecule has 6 nitrogen and oxygen atoms in total. The predicted octanol–water partition coefficient (Wildman–Crippen LogP) is 1.03. The molecule has 22 heavy (non-hydrogen) atoms. The van der Waals surface area contributed by atoms with Crippen molar-refractivity contribution in [2.45, 2.75) is 31.7 Å². The van der Waals surface area contributed by atoms with Gasteiger partial charge in [0.1, 0.15) is 0 Å². The van der Waals surface area contributed by atoms with Gasteiger partial charge < -0.3 is 20.1 Å². The van der Waals surface area contributed by atoms with Crippen LogP contribution in [-0.4, -0.2) is 38.6 Å². The number of ether oxygens (including phenoxy) is 2. The number of carbonyl (C=O) groups excluding carboxylic acids is 2. The first-order valence-corrected chi connectivity index (χ1v) is 7.39. The number of piperidine rings is 1. The van der Waals surface area contributed by atoms with E-state index in [4.69, 9.17) is 9.47 Å². The Kier molecular flexibility index (Phi) is 5.63. The highest BCUT2D eigenvalue weighted by Gasteiger charge is 2.20. The molecule has 1 aromatic rings. The fraction of sp³-hybridized carbons (Fsp3) is 0.500. The van der Waals surface area contributed by atoms with Crippen LogP contribution in [0.2, 0.25) is 0 Å². The van der Waals surface area contributed by atoms with Crippen molar-refractivity contribution in [3.05, 3.63) is 23.8 Å². The van der Waals surface area contributed by atoms with Crippen molar-refractivity contribution in [2.24, 2.45) is 0 Å². The Morgan fingerprint density at radius 1 is 1.32 bits per heavy atom. The Morgan fingerprint density at radius 3 is 2.77 bits per heavy atom. The highest BCUT2D eigenvalue weighted by Crippen LogP contribution is 2.27. The summed E-state index contributed by atoms with van der Waals surface area (Å²) in [6.07, 6.45) is 2.15. The van der Waals surface area contributed by atoms with Crippen LogP contribution >= 0.6 is 0 Å². The van der Waals surface area contributed by atoms with Crippen molar-refractivity contribution in [1.82, 2.24) is 10.6 Å². The van der Waals surface area contributed by atoms with E-state index in [1.165, 1.54) is 0 Å². The lowest BCUT2D eigenvalue weighted by Gasteiger charge is -2.23. The van der Waals surface area contributed by atoms with Crippen LogP contribution in [0.4, 0.5) is 0 Å². The molecule has 0 aromatic heterocycles. The molecule has 1 fully saturated rings. The van der Waals surface area contributed by atoms with Gasteiger partial charge in [0, 0.05) is 25.4 Å². The van der Waals surface area contributed by atoms with E-state index < -0.39 is 0 Å². The van der Waals surface area contributed by atoms with Gasteiger partial charge in [0.2, 0.25) is 11.8 Å². The molecule has 1 atom stereocenters. The van der Waals surface area contributed by atoms with Crippen molar-refractivity contribution in [3.63, 3.8) is 0 Å². The molecule has 0 bridgehead atoms. The van der Waals surface area contributed by atoms with E-state index in [0.717, 1.165) is 12.0 Å². The zero-order valence-corrected chi connectivity index (χ0v) is 13.0. The van der Waals surface area contributed by atoms with Gasteiger partial charge in [-0.3, -0.25) is 9.59 Å². The number of hydrogen-bond acceptors (Lipinski definition) is 4. The van der Waals surface area contributed by atoms with E-state index in [0.29, 0.717) is 37.3 Å². The van der Waals surface area contributed by atoms with Crippen LogP contribution in [0.5, 0.6) is 11.5 Å². The van der Waals surface area contributed by atoms with Crippen LogP contribution in [0.15, 0.2) is 18.2 Å². The molecule has 1 aliphatic heterocycles. The minimum Gasteiger partial charge on any atom is -0.493 e. The van der Waals surface area contributed by atoms with E-state index in [1.54, 1.807) is 14.2 Å². The summed E-state index contributed by atoms with van der Waals surface area (Å²) in [6, 6.07) is 5.58. The SMILES string of the molecule is COc1ccc(CCC(=O)NC2CCNC(=O)C2)cc1OC. The van der Waals surface area contributed by atoms with Crippen molar-refractivity contribution >= 4 is 11.8 Å². The molecular formula is C16H22N2O4. The number of carbonyl (C=O) groups is 2. The maximum absolute atomic E-state index is 12.0. The monoisotopic (exact) mass is 306 g/mol. The van der Waals surface area contributed by atoms with Crippen LogP contribution in [0.3, 0.4) is 0 Å². The molecule has 2 rings (SSSR count). The topological polar surface area (TPSA) is 76.7 Å². The van der Waals surface area contributed by atoms with Crippen molar-refractivity contribution < 1.29 is 19.1 Å². The molecule has 0 spiro atoms. The van der Waals surface area contributed by atoms with E-state index in [9.17, 15) is 9.59 Å². The van der Waals surface area contributed by atoms with Crippen LogP contribution in [-0.2, 0) is 16.0 Å². The van der Waals surface area contributed by atoms with Gasteiger partial charge in [-0.1, -0.05) is 6.07 Å². The van der Waals surface area contributed by atoms with E-state index in [2.05, 4.69) is 10.6 Å². The largest absolute Gasteiger partial charge is 0.493 e. The summed E-state index contributed by atoms with van der Waals surface area (Å²) in [7, 11) is 3.17. The minimum absolute atomic E-state index is 0.00330. The number of hydrogen-bond donors (Lipinski definition) is 2. The molecule has 2 N–H and O–H groups in total. The molecule has 1 heterocycles. The van der Waals surface area contributed by atoms with E-state index in [1.807, 2.05) is 18.2 Å². The number of benzene rings is 1. The van der Waals surface area contributed by atoms with Gasteiger partial charge >= 0.3 is 0 Å². The standard InChI is InChI=1S/C16H22N2O4/c1-21-13-5-3-11(9-14(13)22-2)4-6-15(19)18-12-7-8-17-16(20)10-12/h3,5,9,12H,4,6-8,10H2,1-2H3,(H,17,20)(H,18,19). The summed E-state index contributed by atoms with van der Waals surface area (Å²) in [4.78, 5) is 23.2. The molecule has 0 saturated carbocycles. The molecule has 0 aliphatic carbocycles. The first-order valence-electron chi connectivity index (χ1n) is 7.39. The summed E-state index contributed by atoms with van der Waals surface area (Å²) in [6.45, 7) is 0.624. The molecule has 1 unspecified atom stereocenters. The third-order valence-electron chi connectivity index (χ3n) is 3.70. The van der Waals surface area contributed by atoms with Crippen molar-refractivity contribution in [2.75, 3.05) is 20.8 Å². The van der Waals surface area contributed by atoms with Gasteiger partial charge in [0.05, 0.1) is 14.2 Å². The molecule has 2 amide bonds. The lowest BCUT2D eigenvalue weighted by molar-refractivity contribution is -0.124.